The van der Waals surface area contributed by atoms with Crippen molar-refractivity contribution in [2.45, 2.75) is 53.4 Å². The van der Waals surface area contributed by atoms with Gasteiger partial charge >= 0.3 is 0 Å². The summed E-state index contributed by atoms with van der Waals surface area (Å²) in [6.45, 7) is 8.42. The molecule has 0 atom stereocenters. The molecule has 0 amide bonds. The molecule has 0 unspecified atom stereocenters. The normalized spacial score (nSPS) is 10.8. The van der Waals surface area contributed by atoms with Crippen LogP contribution in [0.5, 0.6) is 0 Å². The molecule has 0 bridgehead atoms. The zero-order valence-electron chi connectivity index (χ0n) is 11.3. The van der Waals surface area contributed by atoms with E-state index in [1.807, 2.05) is 13.8 Å². The van der Waals surface area contributed by atoms with E-state index in [2.05, 4.69) is 50.3 Å². The smallest absolute Gasteiger partial charge is 0.00882 e. The lowest BCUT2D eigenvalue weighted by atomic mass is 10.1. The van der Waals surface area contributed by atoms with Gasteiger partial charge in [0.2, 0.25) is 0 Å². The summed E-state index contributed by atoms with van der Waals surface area (Å²) in [5, 5.41) is 0. The summed E-state index contributed by atoms with van der Waals surface area (Å²) in [5.41, 5.74) is 2.84. The second kappa shape index (κ2) is 10.5. The lowest BCUT2D eigenvalue weighted by molar-refractivity contribution is 0.772. The molecule has 0 saturated heterocycles. The van der Waals surface area contributed by atoms with Gasteiger partial charge in [0.25, 0.3) is 0 Å². The number of fused-ring (bicyclic) bond motifs is 1. The van der Waals surface area contributed by atoms with Crippen LogP contribution in [0.15, 0.2) is 30.3 Å². The largest absolute Gasteiger partial charge is 0.0795 e. The number of allylic oxidation sites excluding steroid dienone is 1. The summed E-state index contributed by atoms with van der Waals surface area (Å²) in [4.78, 5) is 0. The van der Waals surface area contributed by atoms with Gasteiger partial charge in [-0.15, -0.1) is 0 Å². The third-order valence-corrected chi connectivity index (χ3v) is 2.40. The van der Waals surface area contributed by atoms with Crippen molar-refractivity contribution >= 4 is 6.08 Å². The lowest BCUT2D eigenvalue weighted by Gasteiger charge is -1.93. The van der Waals surface area contributed by atoms with E-state index in [-0.39, 0.29) is 0 Å². The van der Waals surface area contributed by atoms with Crippen LogP contribution in [-0.4, -0.2) is 0 Å². The lowest BCUT2D eigenvalue weighted by Crippen LogP contribution is -1.76. The monoisotopic (exact) mass is 218 g/mol. The highest BCUT2D eigenvalue weighted by Crippen LogP contribution is 2.17. The van der Waals surface area contributed by atoms with Crippen LogP contribution in [0.1, 0.15) is 58.1 Å². The molecule has 2 rings (SSSR count). The Bertz CT molecular complexity index is 282. The van der Waals surface area contributed by atoms with Crippen LogP contribution < -0.4 is 0 Å². The minimum Gasteiger partial charge on any atom is -0.0795 e. The van der Waals surface area contributed by atoms with Gasteiger partial charge in [-0.3, -0.25) is 0 Å². The van der Waals surface area contributed by atoms with Gasteiger partial charge < -0.3 is 0 Å². The fraction of sp³-hybridized carbons (Fsp3) is 0.500. The van der Waals surface area contributed by atoms with Crippen molar-refractivity contribution in [2.75, 3.05) is 0 Å². The molecular weight excluding hydrogens is 192 g/mol. The summed E-state index contributed by atoms with van der Waals surface area (Å²) in [7, 11) is 0. The first-order chi connectivity index (χ1) is 7.88. The molecule has 0 fully saturated rings. The van der Waals surface area contributed by atoms with E-state index in [1.165, 1.54) is 30.4 Å². The van der Waals surface area contributed by atoms with E-state index >= 15 is 0 Å². The second-order valence-electron chi connectivity index (χ2n) is 3.66. The maximum Gasteiger partial charge on any atom is -0.00882 e. The molecule has 1 aromatic rings. The molecule has 0 saturated carbocycles. The SMILES string of the molecule is C1=Cc2ccccc2C1.CC.CCCCC. The highest BCUT2D eigenvalue weighted by molar-refractivity contribution is 5.59. The van der Waals surface area contributed by atoms with Gasteiger partial charge in [0.15, 0.2) is 0 Å². The average Bonchev–Trinajstić information content (AvgIpc) is 2.81. The Morgan fingerprint density at radius 2 is 1.62 bits per heavy atom. The molecule has 0 heteroatoms. The number of hydrogen-bond acceptors (Lipinski definition) is 0. The number of benzene rings is 1. The number of hydrogen-bond donors (Lipinski definition) is 0. The van der Waals surface area contributed by atoms with Crippen molar-refractivity contribution in [3.8, 4) is 0 Å². The van der Waals surface area contributed by atoms with Crippen molar-refractivity contribution in [1.82, 2.24) is 0 Å². The van der Waals surface area contributed by atoms with E-state index in [4.69, 9.17) is 0 Å². The Balaban J connectivity index is 0.000000280. The summed E-state index contributed by atoms with van der Waals surface area (Å²) in [6, 6.07) is 8.49. The molecule has 0 spiro atoms. The Morgan fingerprint density at radius 3 is 2.12 bits per heavy atom. The van der Waals surface area contributed by atoms with E-state index < -0.39 is 0 Å². The van der Waals surface area contributed by atoms with Crippen LogP contribution >= 0.6 is 0 Å². The van der Waals surface area contributed by atoms with Gasteiger partial charge in [-0.25, -0.2) is 0 Å². The van der Waals surface area contributed by atoms with Gasteiger partial charge in [-0.2, -0.15) is 0 Å². The maximum absolute atomic E-state index is 2.21. The topological polar surface area (TPSA) is 0 Å². The van der Waals surface area contributed by atoms with Crippen molar-refractivity contribution in [1.29, 1.82) is 0 Å². The van der Waals surface area contributed by atoms with Gasteiger partial charge in [-0.05, 0) is 17.5 Å². The van der Waals surface area contributed by atoms with Crippen molar-refractivity contribution in [3.63, 3.8) is 0 Å². The van der Waals surface area contributed by atoms with E-state index in [9.17, 15) is 0 Å². The van der Waals surface area contributed by atoms with Crippen molar-refractivity contribution < 1.29 is 0 Å². The molecule has 0 radical (unpaired) electrons. The first-order valence-electron chi connectivity index (χ1n) is 6.63. The molecule has 0 nitrogen and oxygen atoms in total. The van der Waals surface area contributed by atoms with Crippen LogP contribution in [0.2, 0.25) is 0 Å². The van der Waals surface area contributed by atoms with Gasteiger partial charge in [-0.1, -0.05) is 83.4 Å². The van der Waals surface area contributed by atoms with E-state index in [0.717, 1.165) is 6.42 Å². The fourth-order valence-corrected chi connectivity index (χ4v) is 1.55. The number of rotatable bonds is 2. The molecule has 0 aromatic heterocycles. The zero-order chi connectivity index (χ0) is 12.2. The Kier molecular flexibility index (Phi) is 9.80. The van der Waals surface area contributed by atoms with E-state index in [0.29, 0.717) is 0 Å². The molecule has 16 heavy (non-hydrogen) atoms. The van der Waals surface area contributed by atoms with E-state index in [1.54, 1.807) is 0 Å². The average molecular weight is 218 g/mol. The molecule has 1 aromatic carbocycles. The highest BCUT2D eigenvalue weighted by Gasteiger charge is 2.00. The molecule has 0 N–H and O–H groups in total. The molecule has 0 aliphatic heterocycles. The zero-order valence-corrected chi connectivity index (χ0v) is 11.3. The first kappa shape index (κ1) is 15.0. The quantitative estimate of drug-likeness (QED) is 0.616. The molecule has 90 valence electrons. The predicted octanol–water partition coefficient (Wildman–Crippen LogP) is 5.48. The molecule has 1 aliphatic carbocycles. The van der Waals surface area contributed by atoms with Gasteiger partial charge in [0, 0.05) is 0 Å². The molecular formula is C16H26. The van der Waals surface area contributed by atoms with Crippen molar-refractivity contribution in [3.05, 3.63) is 41.5 Å². The van der Waals surface area contributed by atoms with Crippen LogP contribution in [0.3, 0.4) is 0 Å². The van der Waals surface area contributed by atoms with Crippen LogP contribution in [-0.2, 0) is 6.42 Å². The van der Waals surface area contributed by atoms with Gasteiger partial charge in [0.1, 0.15) is 0 Å². The number of unbranched alkanes of at least 4 members (excludes halogenated alkanes) is 2. The Hall–Kier alpha value is -1.04. The Morgan fingerprint density at radius 1 is 1.00 bits per heavy atom. The minimum atomic E-state index is 1.12. The fourth-order valence-electron chi connectivity index (χ4n) is 1.55. The minimum absolute atomic E-state index is 1.12. The third-order valence-electron chi connectivity index (χ3n) is 2.40. The predicted molar refractivity (Wildman–Crippen MR) is 75.7 cm³/mol. The maximum atomic E-state index is 2.21. The second-order valence-corrected chi connectivity index (χ2v) is 3.66. The third kappa shape index (κ3) is 5.75. The summed E-state index contributed by atoms with van der Waals surface area (Å²) in [5.74, 6) is 0. The van der Waals surface area contributed by atoms with Crippen LogP contribution in [0.4, 0.5) is 0 Å². The molecule has 0 heterocycles. The Labute approximate surface area is 101 Å². The highest BCUT2D eigenvalue weighted by atomic mass is 14.0. The van der Waals surface area contributed by atoms with Crippen LogP contribution in [0.25, 0.3) is 6.08 Å². The molecule has 1 aliphatic rings. The van der Waals surface area contributed by atoms with Crippen molar-refractivity contribution in [2.24, 2.45) is 0 Å². The summed E-state index contributed by atoms with van der Waals surface area (Å²) < 4.78 is 0. The first-order valence-corrected chi connectivity index (χ1v) is 6.63. The van der Waals surface area contributed by atoms with Gasteiger partial charge in [0.05, 0.1) is 0 Å². The standard InChI is InChI=1S/C9H8.C5H12.C2H6/c1-2-5-9-7-3-6-8(9)4-1;1-3-5-4-2;1-2/h1-6H,7H2;3-5H2,1-2H3;1-2H3. The summed E-state index contributed by atoms with van der Waals surface area (Å²) in [6.07, 6.45) is 9.57. The van der Waals surface area contributed by atoms with Crippen LogP contribution in [0, 0.1) is 0 Å². The summed E-state index contributed by atoms with van der Waals surface area (Å²) >= 11 is 0.